The lowest BCUT2D eigenvalue weighted by Crippen LogP contribution is -1.91. The van der Waals surface area contributed by atoms with Crippen LogP contribution in [0.1, 0.15) is 21.7 Å². The van der Waals surface area contributed by atoms with Gasteiger partial charge in [-0.2, -0.15) is 0 Å². The van der Waals surface area contributed by atoms with Crippen LogP contribution in [0.25, 0.3) is 10.1 Å². The van der Waals surface area contributed by atoms with Gasteiger partial charge in [0.15, 0.2) is 6.29 Å². The zero-order chi connectivity index (χ0) is 10.7. The Bertz CT molecular complexity index is 473. The van der Waals surface area contributed by atoms with Gasteiger partial charge in [-0.3, -0.25) is 4.79 Å². The molecule has 0 saturated heterocycles. The molecule has 1 heterocycles. The second-order valence-electron chi connectivity index (χ2n) is 3.39. The van der Waals surface area contributed by atoms with Crippen LogP contribution in [-0.4, -0.2) is 18.0 Å². The van der Waals surface area contributed by atoms with Crippen molar-refractivity contribution in [3.63, 3.8) is 0 Å². The molecule has 0 spiro atoms. The summed E-state index contributed by atoms with van der Waals surface area (Å²) >= 11 is 1.52. The van der Waals surface area contributed by atoms with E-state index in [0.717, 1.165) is 33.2 Å². The van der Waals surface area contributed by atoms with Gasteiger partial charge in [0.1, 0.15) is 0 Å². The summed E-state index contributed by atoms with van der Waals surface area (Å²) in [7, 11) is 0. The number of carbonyl (C=O) groups excluding carboxylic acids is 1. The molecule has 0 unspecified atom stereocenters. The topological polar surface area (TPSA) is 37.3 Å². The average molecular weight is 220 g/mol. The summed E-state index contributed by atoms with van der Waals surface area (Å²) < 4.78 is 1.15. The van der Waals surface area contributed by atoms with E-state index in [1.165, 1.54) is 11.3 Å². The van der Waals surface area contributed by atoms with Gasteiger partial charge in [0.25, 0.3) is 0 Å². The van der Waals surface area contributed by atoms with Crippen molar-refractivity contribution in [3.05, 3.63) is 34.7 Å². The highest BCUT2D eigenvalue weighted by atomic mass is 32.1. The fourth-order valence-electron chi connectivity index (χ4n) is 1.73. The van der Waals surface area contributed by atoms with E-state index in [1.54, 1.807) is 0 Å². The van der Waals surface area contributed by atoms with E-state index in [4.69, 9.17) is 5.11 Å². The molecule has 1 N–H and O–H groups in total. The lowest BCUT2D eigenvalue weighted by molar-refractivity contribution is 0.112. The Morgan fingerprint density at radius 1 is 1.33 bits per heavy atom. The number of hydrogen-bond donors (Lipinski definition) is 1. The van der Waals surface area contributed by atoms with Crippen molar-refractivity contribution < 1.29 is 9.90 Å². The minimum Gasteiger partial charge on any atom is -0.396 e. The van der Waals surface area contributed by atoms with Crippen LogP contribution in [0, 0.1) is 0 Å². The van der Waals surface area contributed by atoms with Crippen LogP contribution in [0.15, 0.2) is 24.3 Å². The molecule has 0 aliphatic rings. The molecule has 15 heavy (non-hydrogen) atoms. The molecule has 0 aliphatic carbocycles. The average Bonchev–Trinajstić information content (AvgIpc) is 2.64. The molecule has 2 aromatic rings. The molecule has 0 saturated carbocycles. The Morgan fingerprint density at radius 2 is 2.13 bits per heavy atom. The third-order valence-electron chi connectivity index (χ3n) is 2.42. The smallest absolute Gasteiger partial charge is 0.160 e. The molecular formula is C12H12O2S. The van der Waals surface area contributed by atoms with E-state index in [-0.39, 0.29) is 6.61 Å². The minimum atomic E-state index is 0.169. The van der Waals surface area contributed by atoms with Crippen molar-refractivity contribution in [2.45, 2.75) is 12.8 Å². The largest absolute Gasteiger partial charge is 0.396 e. The molecule has 2 rings (SSSR count). The third-order valence-corrected chi connectivity index (χ3v) is 3.56. The molecule has 0 fully saturated rings. The van der Waals surface area contributed by atoms with Gasteiger partial charge in [0.2, 0.25) is 0 Å². The van der Waals surface area contributed by atoms with E-state index in [2.05, 4.69) is 0 Å². The van der Waals surface area contributed by atoms with Crippen LogP contribution in [0.2, 0.25) is 0 Å². The van der Waals surface area contributed by atoms with Crippen LogP contribution in [0.4, 0.5) is 0 Å². The van der Waals surface area contributed by atoms with Gasteiger partial charge in [-0.15, -0.1) is 11.3 Å². The van der Waals surface area contributed by atoms with E-state index in [1.807, 2.05) is 24.3 Å². The predicted octanol–water partition coefficient (Wildman–Crippen LogP) is 2.64. The molecule has 0 aliphatic heterocycles. The molecule has 0 radical (unpaired) electrons. The number of benzene rings is 1. The molecular weight excluding hydrogens is 208 g/mol. The van der Waals surface area contributed by atoms with Gasteiger partial charge in [-0.25, -0.2) is 0 Å². The highest BCUT2D eigenvalue weighted by Crippen LogP contribution is 2.30. The lowest BCUT2D eigenvalue weighted by Gasteiger charge is -1.98. The zero-order valence-corrected chi connectivity index (χ0v) is 9.09. The summed E-state index contributed by atoms with van der Waals surface area (Å²) in [5.74, 6) is 0. The van der Waals surface area contributed by atoms with Crippen LogP contribution < -0.4 is 0 Å². The number of aliphatic hydroxyl groups excluding tert-OH is 1. The van der Waals surface area contributed by atoms with E-state index in [0.29, 0.717) is 6.42 Å². The standard InChI is InChI=1S/C12H12O2S/c13-7-3-5-10-9-4-1-2-6-11(9)15-12(10)8-14/h1-2,4,6,8,13H,3,5,7H2. The third kappa shape index (κ3) is 1.94. The summed E-state index contributed by atoms with van der Waals surface area (Å²) in [6, 6.07) is 8.01. The number of carbonyl (C=O) groups is 1. The highest BCUT2D eigenvalue weighted by Gasteiger charge is 2.10. The molecule has 78 valence electrons. The number of aldehydes is 1. The Kier molecular flexibility index (Phi) is 3.14. The minimum absolute atomic E-state index is 0.169. The number of aliphatic hydroxyl groups is 1. The van der Waals surface area contributed by atoms with Gasteiger partial charge in [0, 0.05) is 11.3 Å². The number of thiophene rings is 1. The van der Waals surface area contributed by atoms with Gasteiger partial charge < -0.3 is 5.11 Å². The lowest BCUT2D eigenvalue weighted by atomic mass is 10.1. The summed E-state index contributed by atoms with van der Waals surface area (Å²) in [6.45, 7) is 0.169. The van der Waals surface area contributed by atoms with Gasteiger partial charge in [-0.05, 0) is 29.9 Å². The van der Waals surface area contributed by atoms with Crippen LogP contribution in [-0.2, 0) is 6.42 Å². The zero-order valence-electron chi connectivity index (χ0n) is 8.27. The first kappa shape index (κ1) is 10.3. The fraction of sp³-hybridized carbons (Fsp3) is 0.250. The SMILES string of the molecule is O=Cc1sc2ccccc2c1CCCO. The van der Waals surface area contributed by atoms with Gasteiger partial charge in [-0.1, -0.05) is 18.2 Å². The maximum Gasteiger partial charge on any atom is 0.160 e. The Labute approximate surface area is 92.2 Å². The first-order chi connectivity index (χ1) is 7.36. The van der Waals surface area contributed by atoms with Gasteiger partial charge in [0.05, 0.1) is 4.88 Å². The molecule has 0 atom stereocenters. The van der Waals surface area contributed by atoms with Crippen molar-refractivity contribution >= 4 is 27.7 Å². The van der Waals surface area contributed by atoms with Crippen molar-refractivity contribution in [3.8, 4) is 0 Å². The van der Waals surface area contributed by atoms with Crippen molar-refractivity contribution in [2.24, 2.45) is 0 Å². The molecule has 0 bridgehead atoms. The van der Waals surface area contributed by atoms with Crippen LogP contribution in [0.5, 0.6) is 0 Å². The Balaban J connectivity index is 2.51. The fourth-order valence-corrected chi connectivity index (χ4v) is 2.79. The van der Waals surface area contributed by atoms with Crippen LogP contribution in [0.3, 0.4) is 0 Å². The van der Waals surface area contributed by atoms with E-state index >= 15 is 0 Å². The molecule has 2 nitrogen and oxygen atoms in total. The predicted molar refractivity (Wildman–Crippen MR) is 62.6 cm³/mol. The quantitative estimate of drug-likeness (QED) is 0.804. The molecule has 1 aromatic heterocycles. The summed E-state index contributed by atoms with van der Waals surface area (Å²) in [6.07, 6.45) is 2.40. The number of fused-ring (bicyclic) bond motifs is 1. The van der Waals surface area contributed by atoms with Crippen LogP contribution >= 0.6 is 11.3 Å². The maximum absolute atomic E-state index is 10.9. The number of aryl methyl sites for hydroxylation is 1. The maximum atomic E-state index is 10.9. The van der Waals surface area contributed by atoms with Crippen molar-refractivity contribution in [2.75, 3.05) is 6.61 Å². The second-order valence-corrected chi connectivity index (χ2v) is 4.47. The highest BCUT2D eigenvalue weighted by molar-refractivity contribution is 7.20. The Hall–Kier alpha value is -1.19. The summed E-state index contributed by atoms with van der Waals surface area (Å²) in [5.41, 5.74) is 1.08. The monoisotopic (exact) mass is 220 g/mol. The van der Waals surface area contributed by atoms with E-state index in [9.17, 15) is 4.79 Å². The molecule has 3 heteroatoms. The first-order valence-electron chi connectivity index (χ1n) is 4.93. The summed E-state index contributed by atoms with van der Waals surface area (Å²) in [4.78, 5) is 11.7. The first-order valence-corrected chi connectivity index (χ1v) is 5.75. The van der Waals surface area contributed by atoms with E-state index < -0.39 is 0 Å². The van der Waals surface area contributed by atoms with Gasteiger partial charge >= 0.3 is 0 Å². The summed E-state index contributed by atoms with van der Waals surface area (Å²) in [5, 5.41) is 9.97. The number of rotatable bonds is 4. The second kappa shape index (κ2) is 4.55. The van der Waals surface area contributed by atoms with Crippen molar-refractivity contribution in [1.29, 1.82) is 0 Å². The Morgan fingerprint density at radius 3 is 2.87 bits per heavy atom. The number of hydrogen-bond acceptors (Lipinski definition) is 3. The van der Waals surface area contributed by atoms with Crippen molar-refractivity contribution in [1.82, 2.24) is 0 Å². The molecule has 0 amide bonds. The molecule has 1 aromatic carbocycles. The normalized spacial score (nSPS) is 10.7.